The van der Waals surface area contributed by atoms with Crippen LogP contribution in [0.5, 0.6) is 0 Å². The summed E-state index contributed by atoms with van der Waals surface area (Å²) in [5.74, 6) is 2.03. The molecule has 2 heteroatoms. The third-order valence-electron chi connectivity index (χ3n) is 5.02. The predicted octanol–water partition coefficient (Wildman–Crippen LogP) is 2.72. The summed E-state index contributed by atoms with van der Waals surface area (Å²) in [5, 5.41) is 3.91. The summed E-state index contributed by atoms with van der Waals surface area (Å²) < 4.78 is 5.83. The second-order valence-electron chi connectivity index (χ2n) is 6.01. The van der Waals surface area contributed by atoms with E-state index in [2.05, 4.69) is 12.2 Å². The van der Waals surface area contributed by atoms with Gasteiger partial charge in [0.15, 0.2) is 0 Å². The topological polar surface area (TPSA) is 21.3 Å². The van der Waals surface area contributed by atoms with Crippen LogP contribution in [0.2, 0.25) is 0 Å². The van der Waals surface area contributed by atoms with E-state index in [9.17, 15) is 0 Å². The lowest BCUT2D eigenvalue weighted by Gasteiger charge is -2.31. The molecule has 3 aliphatic rings. The summed E-state index contributed by atoms with van der Waals surface area (Å²) in [7, 11) is 0. The summed E-state index contributed by atoms with van der Waals surface area (Å²) in [4.78, 5) is 0. The molecule has 5 unspecified atom stereocenters. The molecule has 1 N–H and O–H groups in total. The molecule has 2 nitrogen and oxygen atoms in total. The molecule has 0 aromatic carbocycles. The first-order valence-corrected chi connectivity index (χ1v) is 7.24. The summed E-state index contributed by atoms with van der Waals surface area (Å²) in [5.41, 5.74) is 0. The summed E-state index contributed by atoms with van der Waals surface area (Å²) in [6, 6.07) is 1.43. The minimum absolute atomic E-state index is 0.504. The van der Waals surface area contributed by atoms with Crippen LogP contribution < -0.4 is 5.32 Å². The maximum atomic E-state index is 5.83. The van der Waals surface area contributed by atoms with Crippen molar-refractivity contribution < 1.29 is 4.74 Å². The Morgan fingerprint density at radius 3 is 2.75 bits per heavy atom. The smallest absolute Gasteiger partial charge is 0.0728 e. The third-order valence-corrected chi connectivity index (χ3v) is 5.02. The monoisotopic (exact) mass is 223 g/mol. The molecule has 1 saturated heterocycles. The lowest BCUT2D eigenvalue weighted by molar-refractivity contribution is 0.0694. The molecule has 92 valence electrons. The molecule has 2 bridgehead atoms. The molecule has 1 aliphatic heterocycles. The number of hydrogen-bond donors (Lipinski definition) is 1. The minimum Gasteiger partial charge on any atom is -0.377 e. The Morgan fingerprint density at radius 1 is 1.25 bits per heavy atom. The van der Waals surface area contributed by atoms with Crippen molar-refractivity contribution in [2.45, 2.75) is 70.1 Å². The molecule has 5 atom stereocenters. The van der Waals surface area contributed by atoms with Gasteiger partial charge >= 0.3 is 0 Å². The van der Waals surface area contributed by atoms with E-state index in [1.54, 1.807) is 0 Å². The Labute approximate surface area is 99.1 Å². The second-order valence-corrected chi connectivity index (χ2v) is 6.01. The Balaban J connectivity index is 1.55. The van der Waals surface area contributed by atoms with Crippen LogP contribution in [0.25, 0.3) is 0 Å². The summed E-state index contributed by atoms with van der Waals surface area (Å²) in [6.45, 7) is 3.28. The fraction of sp³-hybridized carbons (Fsp3) is 1.00. The van der Waals surface area contributed by atoms with Crippen LogP contribution in [0.15, 0.2) is 0 Å². The first-order chi connectivity index (χ1) is 7.86. The van der Waals surface area contributed by atoms with E-state index in [4.69, 9.17) is 4.74 Å². The molecule has 3 rings (SSSR count). The standard InChI is InChI=1S/C14H25NO/c1-2-12(14-4-3-7-16-14)15-13-9-10-5-6-11(13)8-10/h10-15H,2-9H2,1H3. The van der Waals surface area contributed by atoms with Crippen LogP contribution in [-0.2, 0) is 4.74 Å². The molecule has 2 saturated carbocycles. The molecule has 0 aromatic heterocycles. The van der Waals surface area contributed by atoms with Crippen molar-refractivity contribution in [3.8, 4) is 0 Å². The molecule has 0 spiro atoms. The SMILES string of the molecule is CCC(NC1CC2CCC1C2)C1CCCO1. The van der Waals surface area contributed by atoms with Crippen LogP contribution >= 0.6 is 0 Å². The van der Waals surface area contributed by atoms with Crippen molar-refractivity contribution in [3.63, 3.8) is 0 Å². The summed E-state index contributed by atoms with van der Waals surface area (Å²) in [6.07, 6.45) is 10.2. The number of fused-ring (bicyclic) bond motifs is 2. The lowest BCUT2D eigenvalue weighted by atomic mass is 9.93. The molecular formula is C14H25NO. The van der Waals surface area contributed by atoms with Gasteiger partial charge in [-0.1, -0.05) is 13.3 Å². The molecular weight excluding hydrogens is 198 g/mol. The largest absolute Gasteiger partial charge is 0.377 e. The average molecular weight is 223 g/mol. The van der Waals surface area contributed by atoms with E-state index in [-0.39, 0.29) is 0 Å². The highest BCUT2D eigenvalue weighted by atomic mass is 16.5. The van der Waals surface area contributed by atoms with E-state index in [1.165, 1.54) is 44.9 Å². The van der Waals surface area contributed by atoms with Gasteiger partial charge in [-0.05, 0) is 50.4 Å². The molecule has 2 aliphatic carbocycles. The van der Waals surface area contributed by atoms with Gasteiger partial charge in [-0.25, -0.2) is 0 Å². The van der Waals surface area contributed by atoms with Crippen molar-refractivity contribution >= 4 is 0 Å². The van der Waals surface area contributed by atoms with Crippen LogP contribution in [0, 0.1) is 11.8 Å². The third kappa shape index (κ3) is 2.02. The first-order valence-electron chi connectivity index (χ1n) is 7.24. The maximum absolute atomic E-state index is 5.83. The van der Waals surface area contributed by atoms with Crippen LogP contribution in [-0.4, -0.2) is 24.8 Å². The van der Waals surface area contributed by atoms with Crippen molar-refractivity contribution in [2.75, 3.05) is 6.61 Å². The zero-order chi connectivity index (χ0) is 11.0. The van der Waals surface area contributed by atoms with Crippen LogP contribution in [0.4, 0.5) is 0 Å². The Kier molecular flexibility index (Phi) is 3.21. The van der Waals surface area contributed by atoms with Gasteiger partial charge in [-0.3, -0.25) is 0 Å². The zero-order valence-electron chi connectivity index (χ0n) is 10.5. The van der Waals surface area contributed by atoms with Gasteiger partial charge in [0.05, 0.1) is 6.10 Å². The highest BCUT2D eigenvalue weighted by Crippen LogP contribution is 2.44. The van der Waals surface area contributed by atoms with Crippen molar-refractivity contribution in [3.05, 3.63) is 0 Å². The van der Waals surface area contributed by atoms with Crippen LogP contribution in [0.1, 0.15) is 51.9 Å². The summed E-state index contributed by atoms with van der Waals surface area (Å²) >= 11 is 0. The van der Waals surface area contributed by atoms with Gasteiger partial charge in [0.2, 0.25) is 0 Å². The van der Waals surface area contributed by atoms with Gasteiger partial charge in [-0.2, -0.15) is 0 Å². The van der Waals surface area contributed by atoms with E-state index in [0.717, 1.165) is 24.5 Å². The van der Waals surface area contributed by atoms with Crippen molar-refractivity contribution in [2.24, 2.45) is 11.8 Å². The van der Waals surface area contributed by atoms with E-state index < -0.39 is 0 Å². The molecule has 0 amide bonds. The minimum atomic E-state index is 0.504. The lowest BCUT2D eigenvalue weighted by Crippen LogP contribution is -2.46. The highest BCUT2D eigenvalue weighted by Gasteiger charge is 2.40. The van der Waals surface area contributed by atoms with Gasteiger partial charge in [0.1, 0.15) is 0 Å². The predicted molar refractivity (Wildman–Crippen MR) is 65.4 cm³/mol. The van der Waals surface area contributed by atoms with E-state index >= 15 is 0 Å². The Hall–Kier alpha value is -0.0800. The number of rotatable bonds is 4. The maximum Gasteiger partial charge on any atom is 0.0728 e. The fourth-order valence-electron chi connectivity index (χ4n) is 4.13. The van der Waals surface area contributed by atoms with Gasteiger partial charge in [-0.15, -0.1) is 0 Å². The zero-order valence-corrected chi connectivity index (χ0v) is 10.5. The Bertz CT molecular complexity index is 237. The normalized spacial score (nSPS) is 44.1. The van der Waals surface area contributed by atoms with Crippen molar-refractivity contribution in [1.29, 1.82) is 0 Å². The average Bonchev–Trinajstić information content (AvgIpc) is 3.01. The van der Waals surface area contributed by atoms with E-state index in [0.29, 0.717) is 12.1 Å². The van der Waals surface area contributed by atoms with Gasteiger partial charge in [0, 0.05) is 18.7 Å². The van der Waals surface area contributed by atoms with Crippen LogP contribution in [0.3, 0.4) is 0 Å². The van der Waals surface area contributed by atoms with Gasteiger partial charge in [0.25, 0.3) is 0 Å². The molecule has 1 heterocycles. The molecule has 0 aromatic rings. The molecule has 3 fully saturated rings. The first kappa shape index (κ1) is 11.0. The van der Waals surface area contributed by atoms with E-state index in [1.807, 2.05) is 0 Å². The van der Waals surface area contributed by atoms with Gasteiger partial charge < -0.3 is 10.1 Å². The van der Waals surface area contributed by atoms with Crippen molar-refractivity contribution in [1.82, 2.24) is 5.32 Å². The Morgan fingerprint density at radius 2 is 2.19 bits per heavy atom. The molecule has 0 radical (unpaired) electrons. The number of hydrogen-bond acceptors (Lipinski definition) is 2. The molecule has 16 heavy (non-hydrogen) atoms. The quantitative estimate of drug-likeness (QED) is 0.791. The number of nitrogens with one attached hydrogen (secondary N) is 1. The second kappa shape index (κ2) is 4.66. The fourth-order valence-corrected chi connectivity index (χ4v) is 4.13. The highest BCUT2D eigenvalue weighted by molar-refractivity contribution is 4.96. The number of ether oxygens (including phenoxy) is 1.